The summed E-state index contributed by atoms with van der Waals surface area (Å²) in [5.74, 6) is -0.569. The molecule has 0 fully saturated rings. The topological polar surface area (TPSA) is 35.5 Å². The van der Waals surface area contributed by atoms with Gasteiger partial charge in [-0.1, -0.05) is 0 Å². The SMILES string of the molecule is [B][C@@H]1O[C@H](OCC=O)C=C1F. The lowest BCUT2D eigenvalue weighted by molar-refractivity contribution is -0.128. The number of hydrogen-bond donors (Lipinski definition) is 0. The molecule has 0 amide bonds. The van der Waals surface area contributed by atoms with E-state index in [1.807, 2.05) is 0 Å². The van der Waals surface area contributed by atoms with Crippen LogP contribution in [-0.2, 0) is 14.3 Å². The van der Waals surface area contributed by atoms with Gasteiger partial charge in [-0.3, -0.25) is 0 Å². The van der Waals surface area contributed by atoms with E-state index in [0.717, 1.165) is 6.08 Å². The number of hydrogen-bond acceptors (Lipinski definition) is 3. The van der Waals surface area contributed by atoms with E-state index in [1.54, 1.807) is 0 Å². The number of aldehydes is 1. The summed E-state index contributed by atoms with van der Waals surface area (Å²) in [6.45, 7) is -0.124. The zero-order valence-corrected chi connectivity index (χ0v) is 5.70. The molecule has 58 valence electrons. The fourth-order valence-corrected chi connectivity index (χ4v) is 0.695. The highest BCUT2D eigenvalue weighted by Gasteiger charge is 2.23. The molecule has 1 rings (SSSR count). The third kappa shape index (κ3) is 2.13. The van der Waals surface area contributed by atoms with Crippen molar-refractivity contribution >= 4 is 14.1 Å². The summed E-state index contributed by atoms with van der Waals surface area (Å²) < 4.78 is 21.8. The molecule has 1 aliphatic heterocycles. The van der Waals surface area contributed by atoms with Crippen molar-refractivity contribution in [1.82, 2.24) is 0 Å². The third-order valence-corrected chi connectivity index (χ3v) is 1.18. The molecule has 0 spiro atoms. The second-order valence-corrected chi connectivity index (χ2v) is 1.98. The molecule has 2 atom stereocenters. The quantitative estimate of drug-likeness (QED) is 0.423. The van der Waals surface area contributed by atoms with Gasteiger partial charge in [0.1, 0.15) is 26.6 Å². The molecule has 0 N–H and O–H groups in total. The molecule has 0 aromatic carbocycles. The van der Waals surface area contributed by atoms with E-state index in [2.05, 4.69) is 0 Å². The predicted octanol–water partition coefficient (Wildman–Crippen LogP) is -0.0938. The molecule has 3 nitrogen and oxygen atoms in total. The smallest absolute Gasteiger partial charge is 0.180 e. The van der Waals surface area contributed by atoms with Gasteiger partial charge in [-0.25, -0.2) is 4.39 Å². The highest BCUT2D eigenvalue weighted by atomic mass is 19.1. The van der Waals surface area contributed by atoms with Crippen molar-refractivity contribution in [1.29, 1.82) is 0 Å². The first-order valence-corrected chi connectivity index (χ1v) is 3.07. The molecule has 0 bridgehead atoms. The van der Waals surface area contributed by atoms with Crippen molar-refractivity contribution in [3.8, 4) is 0 Å². The fourth-order valence-electron chi connectivity index (χ4n) is 0.695. The van der Waals surface area contributed by atoms with Crippen LogP contribution >= 0.6 is 0 Å². The Morgan fingerprint density at radius 2 is 2.64 bits per heavy atom. The van der Waals surface area contributed by atoms with Gasteiger partial charge >= 0.3 is 0 Å². The monoisotopic (exact) mass is 156 g/mol. The van der Waals surface area contributed by atoms with Gasteiger partial charge in [0.15, 0.2) is 6.29 Å². The van der Waals surface area contributed by atoms with Crippen LogP contribution in [0.5, 0.6) is 0 Å². The highest BCUT2D eigenvalue weighted by Crippen LogP contribution is 2.18. The van der Waals surface area contributed by atoms with Crippen molar-refractivity contribution in [2.24, 2.45) is 0 Å². The number of carbonyl (C=O) groups is 1. The Morgan fingerprint density at radius 3 is 3.09 bits per heavy atom. The Balaban J connectivity index is 2.34. The number of carbonyl (C=O) groups excluding carboxylic acids is 1. The Hall–Kier alpha value is -0.675. The van der Waals surface area contributed by atoms with Gasteiger partial charge in [0.25, 0.3) is 0 Å². The van der Waals surface area contributed by atoms with E-state index >= 15 is 0 Å². The second-order valence-electron chi connectivity index (χ2n) is 1.98. The van der Waals surface area contributed by atoms with E-state index in [9.17, 15) is 9.18 Å². The summed E-state index contributed by atoms with van der Waals surface area (Å²) in [7, 11) is 5.11. The van der Waals surface area contributed by atoms with Crippen molar-refractivity contribution in [2.75, 3.05) is 6.61 Å². The highest BCUT2D eigenvalue weighted by molar-refractivity contribution is 6.12. The van der Waals surface area contributed by atoms with Gasteiger partial charge in [-0.15, -0.1) is 0 Å². The van der Waals surface area contributed by atoms with Gasteiger partial charge in [-0.05, 0) is 0 Å². The van der Waals surface area contributed by atoms with E-state index in [0.29, 0.717) is 6.29 Å². The summed E-state index contributed by atoms with van der Waals surface area (Å²) in [5, 5.41) is 0. The Bertz CT molecular complexity index is 183. The molecule has 1 heterocycles. The largest absolute Gasteiger partial charge is 0.349 e. The number of halogens is 1. The van der Waals surface area contributed by atoms with Gasteiger partial charge < -0.3 is 14.3 Å². The zero-order valence-electron chi connectivity index (χ0n) is 5.70. The third-order valence-electron chi connectivity index (χ3n) is 1.18. The van der Waals surface area contributed by atoms with Crippen LogP contribution in [0.1, 0.15) is 0 Å². The van der Waals surface area contributed by atoms with E-state index in [-0.39, 0.29) is 6.61 Å². The first kappa shape index (κ1) is 8.42. The summed E-state index contributed by atoms with van der Waals surface area (Å²) in [4.78, 5) is 9.80. The maximum Gasteiger partial charge on any atom is 0.180 e. The molecule has 11 heavy (non-hydrogen) atoms. The number of ether oxygens (including phenoxy) is 2. The minimum Gasteiger partial charge on any atom is -0.349 e. The standard InChI is InChI=1S/C6H6BFO3/c7-6-4(8)3-5(11-6)10-2-1-9/h1,3,5-6H,2H2/t5-,6+/m0/s1. The first-order chi connectivity index (χ1) is 5.24. The van der Waals surface area contributed by atoms with E-state index < -0.39 is 18.1 Å². The zero-order chi connectivity index (χ0) is 8.27. The van der Waals surface area contributed by atoms with Crippen molar-refractivity contribution in [3.63, 3.8) is 0 Å². The van der Waals surface area contributed by atoms with Crippen LogP contribution in [0.15, 0.2) is 11.9 Å². The molecule has 0 aromatic rings. The molecule has 0 aliphatic carbocycles. The van der Waals surface area contributed by atoms with Gasteiger partial charge in [0.05, 0.1) is 6.00 Å². The van der Waals surface area contributed by atoms with Gasteiger partial charge in [0.2, 0.25) is 0 Å². The predicted molar refractivity (Wildman–Crippen MR) is 35.6 cm³/mol. The van der Waals surface area contributed by atoms with Crippen LogP contribution in [-0.4, -0.2) is 33.0 Å². The average Bonchev–Trinajstić information content (AvgIpc) is 2.28. The van der Waals surface area contributed by atoms with Crippen LogP contribution in [0.2, 0.25) is 0 Å². The lowest BCUT2D eigenvalue weighted by Crippen LogP contribution is -2.16. The van der Waals surface area contributed by atoms with E-state index in [1.165, 1.54) is 0 Å². The molecule has 1 aliphatic rings. The maximum atomic E-state index is 12.4. The van der Waals surface area contributed by atoms with Crippen LogP contribution < -0.4 is 0 Å². The molecular formula is C6H6BFO3. The summed E-state index contributed by atoms with van der Waals surface area (Å²) in [6.07, 6.45) is 0.822. The summed E-state index contributed by atoms with van der Waals surface area (Å²) >= 11 is 0. The molecular weight excluding hydrogens is 150 g/mol. The van der Waals surface area contributed by atoms with Crippen LogP contribution in [0.4, 0.5) is 4.39 Å². The van der Waals surface area contributed by atoms with Crippen molar-refractivity contribution in [2.45, 2.75) is 12.3 Å². The Kier molecular flexibility index (Phi) is 2.79. The molecule has 5 heteroatoms. The first-order valence-electron chi connectivity index (χ1n) is 3.07. The molecule has 2 radical (unpaired) electrons. The molecule has 0 saturated carbocycles. The lowest BCUT2D eigenvalue weighted by Gasteiger charge is -2.09. The van der Waals surface area contributed by atoms with Crippen LogP contribution in [0, 0.1) is 0 Å². The Labute approximate surface area is 64.6 Å². The van der Waals surface area contributed by atoms with Gasteiger partial charge in [0, 0.05) is 6.08 Å². The maximum absolute atomic E-state index is 12.4. The van der Waals surface area contributed by atoms with Crippen molar-refractivity contribution in [3.05, 3.63) is 11.9 Å². The van der Waals surface area contributed by atoms with Crippen LogP contribution in [0.3, 0.4) is 0 Å². The molecule has 0 saturated heterocycles. The summed E-state index contributed by atoms with van der Waals surface area (Å²) in [5.41, 5.74) is 0. The number of rotatable bonds is 3. The van der Waals surface area contributed by atoms with Crippen LogP contribution in [0.25, 0.3) is 0 Å². The minimum absolute atomic E-state index is 0.124. The van der Waals surface area contributed by atoms with Gasteiger partial charge in [-0.2, -0.15) is 0 Å². The van der Waals surface area contributed by atoms with Crippen molar-refractivity contribution < 1.29 is 18.7 Å². The minimum atomic E-state index is -1.05. The molecule has 0 aromatic heterocycles. The fraction of sp³-hybridized carbons (Fsp3) is 0.500. The average molecular weight is 156 g/mol. The second kappa shape index (κ2) is 3.64. The summed E-state index contributed by atoms with van der Waals surface area (Å²) in [6, 6.07) is -1.05. The lowest BCUT2D eigenvalue weighted by atomic mass is 10.0. The normalized spacial score (nSPS) is 30.1. The van der Waals surface area contributed by atoms with E-state index in [4.69, 9.17) is 17.3 Å². The molecule has 0 unspecified atom stereocenters. The Morgan fingerprint density at radius 1 is 1.91 bits per heavy atom.